The van der Waals surface area contributed by atoms with Gasteiger partial charge in [0, 0.05) is 18.0 Å². The molecule has 3 aromatic rings. The van der Waals surface area contributed by atoms with Gasteiger partial charge in [0.05, 0.1) is 21.3 Å². The van der Waals surface area contributed by atoms with Crippen LogP contribution in [0.25, 0.3) is 10.6 Å². The summed E-state index contributed by atoms with van der Waals surface area (Å²) in [7, 11) is 0. The van der Waals surface area contributed by atoms with Crippen LogP contribution in [0.15, 0.2) is 46.1 Å². The first-order valence-corrected chi connectivity index (χ1v) is 11.2. The van der Waals surface area contributed by atoms with E-state index in [0.29, 0.717) is 5.69 Å². The van der Waals surface area contributed by atoms with Gasteiger partial charge in [-0.1, -0.05) is 31.5 Å². The summed E-state index contributed by atoms with van der Waals surface area (Å²) < 4.78 is 16.0. The highest BCUT2D eigenvalue weighted by Crippen LogP contribution is 2.26. The van der Waals surface area contributed by atoms with Gasteiger partial charge < -0.3 is 9.47 Å². The van der Waals surface area contributed by atoms with Gasteiger partial charge in [-0.3, -0.25) is 0 Å². The number of benzene rings is 1. The molecule has 0 amide bonds. The van der Waals surface area contributed by atoms with Crippen LogP contribution in [-0.4, -0.2) is 29.1 Å². The van der Waals surface area contributed by atoms with Crippen molar-refractivity contribution in [1.82, 2.24) is 9.47 Å². The summed E-state index contributed by atoms with van der Waals surface area (Å²) in [5, 5.41) is 4.33. The molecule has 2 aromatic heterocycles. The smallest absolute Gasteiger partial charge is 0.190 e. The average molecular weight is 424 g/mol. The fourth-order valence-electron chi connectivity index (χ4n) is 2.91. The molecule has 3 rings (SSSR count). The predicted molar refractivity (Wildman–Crippen MR) is 115 cm³/mol. The Morgan fingerprint density at radius 3 is 2.67 bits per heavy atom. The molecule has 0 spiro atoms. The highest BCUT2D eigenvalue weighted by Gasteiger charge is 2.10. The molecule has 0 aliphatic rings. The van der Waals surface area contributed by atoms with Crippen LogP contribution in [0.2, 0.25) is 5.02 Å². The van der Waals surface area contributed by atoms with Gasteiger partial charge in [0.15, 0.2) is 4.80 Å². The minimum Gasteiger partial charge on any atom is -0.316 e. The van der Waals surface area contributed by atoms with Crippen molar-refractivity contribution >= 4 is 40.0 Å². The number of thiophene rings is 1. The largest absolute Gasteiger partial charge is 0.316 e. The van der Waals surface area contributed by atoms with Gasteiger partial charge in [0.2, 0.25) is 0 Å². The van der Waals surface area contributed by atoms with Crippen LogP contribution in [0.3, 0.4) is 0 Å². The third-order valence-corrected chi connectivity index (χ3v) is 6.51. The minimum absolute atomic E-state index is 0.117. The molecule has 0 saturated carbocycles. The first-order chi connectivity index (χ1) is 13.1. The standard InChI is InChI=1S/C20H23ClFN3S2/c1-3-24(4-2)10-6-11-25-18(19-7-5-12-26-19)14-27-20(25)23-15-8-9-16(21)17(22)13-15/h5,7-9,12-14H,3-4,6,10-11H2,1-2H3. The van der Waals surface area contributed by atoms with Crippen LogP contribution in [0.5, 0.6) is 0 Å². The van der Waals surface area contributed by atoms with Crippen molar-refractivity contribution in [2.75, 3.05) is 19.6 Å². The molecule has 0 radical (unpaired) electrons. The molecule has 0 fully saturated rings. The maximum Gasteiger partial charge on any atom is 0.190 e. The molecule has 0 N–H and O–H groups in total. The van der Waals surface area contributed by atoms with E-state index in [1.54, 1.807) is 34.8 Å². The maximum absolute atomic E-state index is 13.8. The SMILES string of the molecule is CCN(CC)CCCn1c(-c2cccs2)csc1=Nc1ccc(Cl)c(F)c1. The second kappa shape index (κ2) is 9.64. The van der Waals surface area contributed by atoms with Crippen LogP contribution in [0.1, 0.15) is 20.3 Å². The second-order valence-electron chi connectivity index (χ2n) is 6.12. The Kier molecular flexibility index (Phi) is 7.24. The topological polar surface area (TPSA) is 20.5 Å². The molecular weight excluding hydrogens is 401 g/mol. The van der Waals surface area contributed by atoms with Crippen LogP contribution in [0, 0.1) is 5.82 Å². The molecule has 27 heavy (non-hydrogen) atoms. The van der Waals surface area contributed by atoms with E-state index in [9.17, 15) is 4.39 Å². The lowest BCUT2D eigenvalue weighted by molar-refractivity contribution is 0.293. The third kappa shape index (κ3) is 5.08. The number of hydrogen-bond acceptors (Lipinski definition) is 4. The van der Waals surface area contributed by atoms with Crippen molar-refractivity contribution in [2.45, 2.75) is 26.8 Å². The van der Waals surface area contributed by atoms with E-state index in [1.165, 1.54) is 16.6 Å². The van der Waals surface area contributed by atoms with Crippen molar-refractivity contribution < 1.29 is 4.39 Å². The van der Waals surface area contributed by atoms with Gasteiger partial charge in [-0.2, -0.15) is 0 Å². The highest BCUT2D eigenvalue weighted by molar-refractivity contribution is 7.14. The van der Waals surface area contributed by atoms with Crippen molar-refractivity contribution in [3.05, 3.63) is 56.7 Å². The highest BCUT2D eigenvalue weighted by atomic mass is 35.5. The first kappa shape index (κ1) is 20.3. The number of nitrogens with zero attached hydrogens (tertiary/aromatic N) is 3. The number of thiazole rings is 1. The van der Waals surface area contributed by atoms with Gasteiger partial charge >= 0.3 is 0 Å². The monoisotopic (exact) mass is 423 g/mol. The zero-order valence-electron chi connectivity index (χ0n) is 15.5. The summed E-state index contributed by atoms with van der Waals surface area (Å²) >= 11 is 9.09. The Bertz CT molecular complexity index is 927. The van der Waals surface area contributed by atoms with Crippen molar-refractivity contribution in [3.63, 3.8) is 0 Å². The lowest BCUT2D eigenvalue weighted by Gasteiger charge is -2.18. The van der Waals surface area contributed by atoms with Crippen LogP contribution < -0.4 is 4.80 Å². The first-order valence-electron chi connectivity index (χ1n) is 9.06. The van der Waals surface area contributed by atoms with Gasteiger partial charge in [-0.15, -0.1) is 22.7 Å². The summed E-state index contributed by atoms with van der Waals surface area (Å²) in [5.74, 6) is -0.443. The summed E-state index contributed by atoms with van der Waals surface area (Å²) in [6.45, 7) is 8.42. The van der Waals surface area contributed by atoms with E-state index >= 15 is 0 Å². The van der Waals surface area contributed by atoms with Crippen LogP contribution >= 0.6 is 34.3 Å². The summed E-state index contributed by atoms with van der Waals surface area (Å²) in [6, 6.07) is 8.86. The molecule has 1 aromatic carbocycles. The second-order valence-corrected chi connectivity index (χ2v) is 8.31. The zero-order chi connectivity index (χ0) is 19.2. The average Bonchev–Trinajstić information content (AvgIpc) is 3.32. The zero-order valence-corrected chi connectivity index (χ0v) is 17.9. The Morgan fingerprint density at radius 1 is 1.19 bits per heavy atom. The molecule has 0 aliphatic heterocycles. The van der Waals surface area contributed by atoms with Gasteiger partial charge in [-0.05, 0) is 49.6 Å². The maximum atomic E-state index is 13.8. The fraction of sp³-hybridized carbons (Fsp3) is 0.350. The van der Waals surface area contributed by atoms with Crippen molar-refractivity contribution in [3.8, 4) is 10.6 Å². The van der Waals surface area contributed by atoms with Gasteiger partial charge in [0.1, 0.15) is 5.82 Å². The summed E-state index contributed by atoms with van der Waals surface area (Å²) in [6.07, 6.45) is 1.04. The lowest BCUT2D eigenvalue weighted by atomic mass is 10.3. The van der Waals surface area contributed by atoms with E-state index in [-0.39, 0.29) is 5.02 Å². The van der Waals surface area contributed by atoms with Crippen LogP contribution in [-0.2, 0) is 6.54 Å². The molecule has 0 aliphatic carbocycles. The van der Waals surface area contributed by atoms with Gasteiger partial charge in [0.25, 0.3) is 0 Å². The Balaban J connectivity index is 1.93. The van der Waals surface area contributed by atoms with Crippen molar-refractivity contribution in [1.29, 1.82) is 0 Å². The molecule has 3 nitrogen and oxygen atoms in total. The minimum atomic E-state index is -0.443. The van der Waals surface area contributed by atoms with Crippen molar-refractivity contribution in [2.24, 2.45) is 4.99 Å². The fourth-order valence-corrected chi connectivity index (χ4v) is 4.80. The number of aromatic nitrogens is 1. The number of rotatable bonds is 8. The Hall–Kier alpha value is -1.47. The molecule has 7 heteroatoms. The summed E-state index contributed by atoms with van der Waals surface area (Å²) in [5.41, 5.74) is 1.75. The normalized spacial score (nSPS) is 12.3. The molecule has 0 saturated heterocycles. The number of hydrogen-bond donors (Lipinski definition) is 0. The van der Waals surface area contributed by atoms with E-state index in [4.69, 9.17) is 11.6 Å². The van der Waals surface area contributed by atoms with E-state index in [1.807, 2.05) is 0 Å². The van der Waals surface area contributed by atoms with E-state index in [2.05, 4.69) is 51.2 Å². The van der Waals surface area contributed by atoms with Gasteiger partial charge in [-0.25, -0.2) is 9.38 Å². The number of halogens is 2. The molecule has 0 unspecified atom stereocenters. The van der Waals surface area contributed by atoms with E-state index in [0.717, 1.165) is 37.4 Å². The lowest BCUT2D eigenvalue weighted by Crippen LogP contribution is -2.26. The third-order valence-electron chi connectivity index (χ3n) is 4.45. The predicted octanol–water partition coefficient (Wildman–Crippen LogP) is 6.03. The molecule has 0 bridgehead atoms. The summed E-state index contributed by atoms with van der Waals surface area (Å²) in [4.78, 5) is 9.20. The molecular formula is C20H23ClFN3S2. The van der Waals surface area contributed by atoms with E-state index < -0.39 is 5.82 Å². The molecule has 0 atom stereocenters. The Labute approximate surface area is 172 Å². The molecule has 2 heterocycles. The molecule has 144 valence electrons. The quantitative estimate of drug-likeness (QED) is 0.433. The Morgan fingerprint density at radius 2 is 2.00 bits per heavy atom. The van der Waals surface area contributed by atoms with Crippen LogP contribution in [0.4, 0.5) is 10.1 Å².